The molecule has 0 aliphatic rings. The second-order valence-electron chi connectivity index (χ2n) is 4.59. The molecule has 1 aromatic heterocycles. The van der Waals surface area contributed by atoms with E-state index in [4.69, 9.17) is 10.7 Å². The van der Waals surface area contributed by atoms with Gasteiger partial charge in [-0.3, -0.25) is 0 Å². The first-order valence-electron chi connectivity index (χ1n) is 6.46. The van der Waals surface area contributed by atoms with Crippen LogP contribution in [0.1, 0.15) is 40.1 Å². The summed E-state index contributed by atoms with van der Waals surface area (Å²) < 4.78 is 0. The van der Waals surface area contributed by atoms with Crippen molar-refractivity contribution >= 4 is 11.3 Å². The first kappa shape index (κ1) is 13.2. The molecule has 0 aliphatic heterocycles. The highest BCUT2D eigenvalue weighted by Gasteiger charge is 2.09. The van der Waals surface area contributed by atoms with Crippen molar-refractivity contribution in [1.82, 2.24) is 4.98 Å². The Kier molecular flexibility index (Phi) is 4.50. The lowest BCUT2D eigenvalue weighted by Crippen LogP contribution is -1.98. The largest absolute Gasteiger partial charge is 0.326 e. The zero-order valence-electron chi connectivity index (χ0n) is 11.1. The van der Waals surface area contributed by atoms with Gasteiger partial charge in [-0.2, -0.15) is 0 Å². The molecular weight excluding hydrogens is 240 g/mol. The number of aromatic nitrogens is 1. The fourth-order valence-corrected chi connectivity index (χ4v) is 3.01. The summed E-state index contributed by atoms with van der Waals surface area (Å²) >= 11 is 1.76. The van der Waals surface area contributed by atoms with E-state index in [9.17, 15) is 0 Å². The Balaban J connectivity index is 2.16. The highest BCUT2D eigenvalue weighted by atomic mass is 32.1. The maximum Gasteiger partial charge on any atom is 0.0975 e. The highest BCUT2D eigenvalue weighted by Crippen LogP contribution is 2.22. The molecule has 1 aromatic carbocycles. The minimum Gasteiger partial charge on any atom is -0.326 e. The first-order valence-corrected chi connectivity index (χ1v) is 7.27. The van der Waals surface area contributed by atoms with Crippen molar-refractivity contribution < 1.29 is 0 Å². The Morgan fingerprint density at radius 3 is 2.56 bits per heavy atom. The van der Waals surface area contributed by atoms with Crippen LogP contribution in [0.15, 0.2) is 24.3 Å². The number of aryl methyl sites for hydroxylation is 2. The van der Waals surface area contributed by atoms with E-state index in [1.54, 1.807) is 11.3 Å². The molecule has 0 saturated heterocycles. The minimum atomic E-state index is 0.612. The molecule has 2 rings (SSSR count). The van der Waals surface area contributed by atoms with Crippen LogP contribution in [-0.4, -0.2) is 4.98 Å². The summed E-state index contributed by atoms with van der Waals surface area (Å²) in [6.07, 6.45) is 3.08. The van der Waals surface area contributed by atoms with Crippen molar-refractivity contribution in [2.24, 2.45) is 5.73 Å². The van der Waals surface area contributed by atoms with Crippen molar-refractivity contribution in [2.45, 2.75) is 39.7 Å². The predicted octanol–water partition coefficient (Wildman–Crippen LogP) is 3.45. The average Bonchev–Trinajstić information content (AvgIpc) is 2.75. The molecule has 0 amide bonds. The van der Waals surface area contributed by atoms with E-state index < -0.39 is 0 Å². The molecule has 0 atom stereocenters. The van der Waals surface area contributed by atoms with E-state index in [-0.39, 0.29) is 0 Å². The summed E-state index contributed by atoms with van der Waals surface area (Å²) in [5.41, 5.74) is 9.60. The monoisotopic (exact) mass is 260 g/mol. The number of rotatable bonds is 5. The molecule has 0 unspecified atom stereocenters. The molecule has 2 nitrogen and oxygen atoms in total. The number of benzene rings is 1. The van der Waals surface area contributed by atoms with E-state index in [0.717, 1.165) is 19.3 Å². The smallest absolute Gasteiger partial charge is 0.0975 e. The van der Waals surface area contributed by atoms with Gasteiger partial charge in [0.1, 0.15) is 0 Å². The molecule has 96 valence electrons. The minimum absolute atomic E-state index is 0.612. The van der Waals surface area contributed by atoms with Crippen molar-refractivity contribution in [3.05, 3.63) is 51.0 Å². The van der Waals surface area contributed by atoms with Crippen molar-refractivity contribution in [2.75, 3.05) is 0 Å². The van der Waals surface area contributed by atoms with Gasteiger partial charge in [-0.05, 0) is 18.9 Å². The van der Waals surface area contributed by atoms with Gasteiger partial charge in [0, 0.05) is 17.8 Å². The first-order chi connectivity index (χ1) is 8.72. The second-order valence-corrected chi connectivity index (χ2v) is 5.76. The Morgan fingerprint density at radius 1 is 1.22 bits per heavy atom. The lowest BCUT2D eigenvalue weighted by atomic mass is 10.1. The SMILES string of the molecule is CCCc1nc(Cc2ccc(C)cc2)sc1CN. The van der Waals surface area contributed by atoms with Crippen molar-refractivity contribution in [3.8, 4) is 0 Å². The number of thiazole rings is 1. The van der Waals surface area contributed by atoms with Gasteiger partial charge in [0.05, 0.1) is 10.7 Å². The van der Waals surface area contributed by atoms with Crippen LogP contribution < -0.4 is 5.73 Å². The second kappa shape index (κ2) is 6.12. The van der Waals surface area contributed by atoms with Crippen LogP contribution in [0, 0.1) is 6.92 Å². The van der Waals surface area contributed by atoms with Crippen LogP contribution in [-0.2, 0) is 19.4 Å². The van der Waals surface area contributed by atoms with E-state index in [0.29, 0.717) is 6.54 Å². The summed E-state index contributed by atoms with van der Waals surface area (Å²) in [6, 6.07) is 8.66. The lowest BCUT2D eigenvalue weighted by Gasteiger charge is -1.98. The predicted molar refractivity (Wildman–Crippen MR) is 78.0 cm³/mol. The highest BCUT2D eigenvalue weighted by molar-refractivity contribution is 7.11. The lowest BCUT2D eigenvalue weighted by molar-refractivity contribution is 0.863. The van der Waals surface area contributed by atoms with Gasteiger partial charge in [-0.1, -0.05) is 43.2 Å². The molecule has 0 aliphatic carbocycles. The van der Waals surface area contributed by atoms with Crippen LogP contribution in [0.25, 0.3) is 0 Å². The number of nitrogens with two attached hydrogens (primary N) is 1. The number of hydrogen-bond acceptors (Lipinski definition) is 3. The van der Waals surface area contributed by atoms with Crippen LogP contribution >= 0.6 is 11.3 Å². The summed E-state index contributed by atoms with van der Waals surface area (Å²) in [7, 11) is 0. The molecule has 0 saturated carbocycles. The maximum atomic E-state index is 5.78. The van der Waals surface area contributed by atoms with Gasteiger partial charge >= 0.3 is 0 Å². The molecular formula is C15H20N2S. The van der Waals surface area contributed by atoms with Crippen LogP contribution in [0.4, 0.5) is 0 Å². The number of hydrogen-bond donors (Lipinski definition) is 1. The third kappa shape index (κ3) is 3.18. The van der Waals surface area contributed by atoms with Crippen LogP contribution in [0.2, 0.25) is 0 Å². The molecule has 2 aromatic rings. The Morgan fingerprint density at radius 2 is 1.94 bits per heavy atom. The topological polar surface area (TPSA) is 38.9 Å². The Labute approximate surface area is 113 Å². The molecule has 0 radical (unpaired) electrons. The Bertz CT molecular complexity index is 500. The fraction of sp³-hybridized carbons (Fsp3) is 0.400. The van der Waals surface area contributed by atoms with Gasteiger partial charge in [0.2, 0.25) is 0 Å². The molecule has 18 heavy (non-hydrogen) atoms. The Hall–Kier alpha value is -1.19. The summed E-state index contributed by atoms with van der Waals surface area (Å²) in [4.78, 5) is 5.98. The van der Waals surface area contributed by atoms with E-state index in [1.807, 2.05) is 0 Å². The van der Waals surface area contributed by atoms with Crippen LogP contribution in [0.5, 0.6) is 0 Å². The van der Waals surface area contributed by atoms with E-state index >= 15 is 0 Å². The molecule has 0 spiro atoms. The number of nitrogens with zero attached hydrogens (tertiary/aromatic N) is 1. The van der Waals surface area contributed by atoms with Gasteiger partial charge in [-0.15, -0.1) is 11.3 Å². The van der Waals surface area contributed by atoms with Crippen LogP contribution in [0.3, 0.4) is 0 Å². The quantitative estimate of drug-likeness (QED) is 0.894. The van der Waals surface area contributed by atoms with E-state index in [2.05, 4.69) is 38.1 Å². The molecule has 2 N–H and O–H groups in total. The zero-order chi connectivity index (χ0) is 13.0. The van der Waals surface area contributed by atoms with Crippen molar-refractivity contribution in [1.29, 1.82) is 0 Å². The average molecular weight is 260 g/mol. The zero-order valence-corrected chi connectivity index (χ0v) is 11.9. The summed E-state index contributed by atoms with van der Waals surface area (Å²) in [5, 5.41) is 1.18. The van der Waals surface area contributed by atoms with Gasteiger partial charge < -0.3 is 5.73 Å². The molecule has 0 fully saturated rings. The molecule has 0 bridgehead atoms. The maximum absolute atomic E-state index is 5.78. The summed E-state index contributed by atoms with van der Waals surface area (Å²) in [5.74, 6) is 0. The van der Waals surface area contributed by atoms with Gasteiger partial charge in [-0.25, -0.2) is 4.98 Å². The van der Waals surface area contributed by atoms with Gasteiger partial charge in [0.25, 0.3) is 0 Å². The third-order valence-corrected chi connectivity index (χ3v) is 4.09. The van der Waals surface area contributed by atoms with Crippen molar-refractivity contribution in [3.63, 3.8) is 0 Å². The standard InChI is InChI=1S/C15H20N2S/c1-3-4-13-14(10-16)18-15(17-13)9-12-7-5-11(2)6-8-12/h5-8H,3-4,9-10,16H2,1-2H3. The normalized spacial score (nSPS) is 10.8. The third-order valence-electron chi connectivity index (χ3n) is 2.97. The summed E-state index contributed by atoms with van der Waals surface area (Å²) in [6.45, 7) is 4.90. The van der Waals surface area contributed by atoms with E-state index in [1.165, 1.54) is 26.7 Å². The fourth-order valence-electron chi connectivity index (χ4n) is 1.98. The molecule has 1 heterocycles. The van der Waals surface area contributed by atoms with Gasteiger partial charge in [0.15, 0.2) is 0 Å². The molecule has 3 heteroatoms.